The molecule has 2 aromatic heterocycles. The molecule has 0 aliphatic heterocycles. The molecule has 11 heteroatoms. The summed E-state index contributed by atoms with van der Waals surface area (Å²) >= 11 is 7.23. The molecular weight excluding hydrogens is 467 g/mol. The molecule has 1 N–H and O–H groups in total. The Bertz CT molecular complexity index is 1340. The van der Waals surface area contributed by atoms with E-state index < -0.39 is 11.7 Å². The van der Waals surface area contributed by atoms with Crippen molar-refractivity contribution < 1.29 is 14.0 Å². The summed E-state index contributed by atoms with van der Waals surface area (Å²) in [6, 6.07) is 10.9. The van der Waals surface area contributed by atoms with Crippen molar-refractivity contribution in [1.29, 1.82) is 0 Å². The molecule has 4 aromatic rings. The highest BCUT2D eigenvalue weighted by Gasteiger charge is 2.20. The van der Waals surface area contributed by atoms with Crippen LogP contribution in [-0.4, -0.2) is 31.6 Å². The van der Waals surface area contributed by atoms with E-state index in [1.54, 1.807) is 35.7 Å². The molecule has 2 heterocycles. The smallest absolute Gasteiger partial charge is 0.248 e. The van der Waals surface area contributed by atoms with E-state index in [-0.39, 0.29) is 16.7 Å². The van der Waals surface area contributed by atoms with Crippen molar-refractivity contribution in [2.45, 2.75) is 6.92 Å². The number of anilines is 3. The first-order valence-electron chi connectivity index (χ1n) is 9.57. The SMILES string of the molecule is CC(=O)N(c1nc(/C=C/C(=O)Nc2cc(Cl)ccc2-n2cncn2)cs1)c1ccccc1F. The van der Waals surface area contributed by atoms with Crippen LogP contribution in [0.4, 0.5) is 20.9 Å². The minimum atomic E-state index is -0.538. The van der Waals surface area contributed by atoms with Gasteiger partial charge in [0.1, 0.15) is 18.5 Å². The van der Waals surface area contributed by atoms with E-state index in [4.69, 9.17) is 11.6 Å². The van der Waals surface area contributed by atoms with Crippen LogP contribution in [0.2, 0.25) is 5.02 Å². The maximum absolute atomic E-state index is 14.2. The number of para-hydroxylation sites is 1. The van der Waals surface area contributed by atoms with Gasteiger partial charge in [-0.2, -0.15) is 5.10 Å². The molecule has 4 rings (SSSR count). The van der Waals surface area contributed by atoms with Gasteiger partial charge in [-0.05, 0) is 36.4 Å². The molecule has 0 spiro atoms. The van der Waals surface area contributed by atoms with E-state index in [2.05, 4.69) is 20.4 Å². The molecule has 8 nitrogen and oxygen atoms in total. The first-order chi connectivity index (χ1) is 15.9. The van der Waals surface area contributed by atoms with Crippen molar-refractivity contribution in [3.8, 4) is 5.69 Å². The number of aromatic nitrogens is 4. The Kier molecular flexibility index (Phi) is 6.57. The number of halogens is 2. The molecule has 0 saturated heterocycles. The summed E-state index contributed by atoms with van der Waals surface area (Å²) in [5.74, 6) is -1.35. The average Bonchev–Trinajstić information content (AvgIpc) is 3.46. The second kappa shape index (κ2) is 9.72. The standard InChI is InChI=1S/C22H16ClFN6O2S/c1-14(31)30(19-5-3-2-4-17(19)24)22-27-16(11-33-22)7-9-21(32)28-18-10-15(23)6-8-20(18)29-13-25-12-26-29/h2-13H,1H3,(H,28,32)/b9-7+. The van der Waals surface area contributed by atoms with Gasteiger partial charge in [-0.3, -0.25) is 14.5 Å². The summed E-state index contributed by atoms with van der Waals surface area (Å²) in [5.41, 5.74) is 1.59. The van der Waals surface area contributed by atoms with Gasteiger partial charge < -0.3 is 5.32 Å². The Labute approximate surface area is 197 Å². The maximum Gasteiger partial charge on any atom is 0.248 e. The number of carbonyl (C=O) groups excluding carboxylic acids is 2. The molecule has 33 heavy (non-hydrogen) atoms. The Balaban J connectivity index is 1.52. The monoisotopic (exact) mass is 482 g/mol. The maximum atomic E-state index is 14.2. The van der Waals surface area contributed by atoms with Crippen molar-refractivity contribution in [1.82, 2.24) is 19.7 Å². The lowest BCUT2D eigenvalue weighted by molar-refractivity contribution is -0.116. The Hall–Kier alpha value is -3.89. The number of rotatable bonds is 6. The van der Waals surface area contributed by atoms with Crippen LogP contribution < -0.4 is 10.2 Å². The van der Waals surface area contributed by atoms with Gasteiger partial charge in [0.15, 0.2) is 5.13 Å². The van der Waals surface area contributed by atoms with E-state index in [1.807, 2.05) is 0 Å². The molecule has 0 aliphatic carbocycles. The molecular formula is C22H16ClFN6O2S. The van der Waals surface area contributed by atoms with Crippen LogP contribution in [0.15, 0.2) is 66.6 Å². The fourth-order valence-electron chi connectivity index (χ4n) is 2.97. The third-order valence-corrected chi connectivity index (χ3v) is 5.48. The summed E-state index contributed by atoms with van der Waals surface area (Å²) < 4.78 is 15.7. The topological polar surface area (TPSA) is 93.0 Å². The lowest BCUT2D eigenvalue weighted by Gasteiger charge is -2.18. The van der Waals surface area contributed by atoms with E-state index >= 15 is 0 Å². The van der Waals surface area contributed by atoms with E-state index in [9.17, 15) is 14.0 Å². The zero-order valence-electron chi connectivity index (χ0n) is 17.1. The van der Waals surface area contributed by atoms with Crippen molar-refractivity contribution in [3.63, 3.8) is 0 Å². The molecule has 0 radical (unpaired) electrons. The predicted octanol–water partition coefficient (Wildman–Crippen LogP) is 4.85. The zero-order chi connectivity index (χ0) is 23.4. The number of amides is 2. The first-order valence-corrected chi connectivity index (χ1v) is 10.8. The number of hydrogen-bond donors (Lipinski definition) is 1. The number of carbonyl (C=O) groups is 2. The number of hydrogen-bond acceptors (Lipinski definition) is 6. The molecule has 0 atom stereocenters. The Morgan fingerprint density at radius 2 is 2.06 bits per heavy atom. The molecule has 0 bridgehead atoms. The van der Waals surface area contributed by atoms with Gasteiger partial charge in [0.05, 0.1) is 22.8 Å². The highest BCUT2D eigenvalue weighted by molar-refractivity contribution is 7.14. The molecule has 2 amide bonds. The fourth-order valence-corrected chi connectivity index (χ4v) is 3.99. The van der Waals surface area contributed by atoms with Crippen molar-refractivity contribution >= 4 is 57.3 Å². The van der Waals surface area contributed by atoms with Crippen LogP contribution in [0.5, 0.6) is 0 Å². The number of thiazole rings is 1. The van der Waals surface area contributed by atoms with Gasteiger partial charge in [-0.1, -0.05) is 23.7 Å². The highest BCUT2D eigenvalue weighted by atomic mass is 35.5. The fraction of sp³-hybridized carbons (Fsp3) is 0.0455. The number of nitrogens with zero attached hydrogens (tertiary/aromatic N) is 5. The van der Waals surface area contributed by atoms with E-state index in [0.717, 1.165) is 11.3 Å². The van der Waals surface area contributed by atoms with Crippen LogP contribution in [0.3, 0.4) is 0 Å². The van der Waals surface area contributed by atoms with Crippen LogP contribution in [0, 0.1) is 5.82 Å². The van der Waals surface area contributed by atoms with Gasteiger partial charge in [0.2, 0.25) is 11.8 Å². The zero-order valence-corrected chi connectivity index (χ0v) is 18.7. The molecule has 0 unspecified atom stereocenters. The van der Waals surface area contributed by atoms with Crippen LogP contribution >= 0.6 is 22.9 Å². The summed E-state index contributed by atoms with van der Waals surface area (Å²) in [7, 11) is 0. The molecule has 2 aromatic carbocycles. The van der Waals surface area contributed by atoms with Crippen LogP contribution in [0.1, 0.15) is 12.6 Å². The van der Waals surface area contributed by atoms with Crippen molar-refractivity contribution in [3.05, 3.63) is 83.1 Å². The third kappa shape index (κ3) is 5.13. The van der Waals surface area contributed by atoms with Gasteiger partial charge in [0.25, 0.3) is 0 Å². The molecule has 166 valence electrons. The quantitative estimate of drug-likeness (QED) is 0.396. The number of nitrogens with one attached hydrogen (secondary N) is 1. The first kappa shape index (κ1) is 22.3. The Morgan fingerprint density at radius 1 is 1.24 bits per heavy atom. The minimum Gasteiger partial charge on any atom is -0.321 e. The largest absolute Gasteiger partial charge is 0.321 e. The predicted molar refractivity (Wildman–Crippen MR) is 125 cm³/mol. The van der Waals surface area contributed by atoms with Gasteiger partial charge in [-0.25, -0.2) is 19.0 Å². The van der Waals surface area contributed by atoms with Crippen molar-refractivity contribution in [2.75, 3.05) is 10.2 Å². The summed E-state index contributed by atoms with van der Waals surface area (Å²) in [6.07, 6.45) is 5.67. The minimum absolute atomic E-state index is 0.106. The van der Waals surface area contributed by atoms with Gasteiger partial charge in [0, 0.05) is 23.4 Å². The van der Waals surface area contributed by atoms with E-state index in [0.29, 0.717) is 22.1 Å². The lowest BCUT2D eigenvalue weighted by Crippen LogP contribution is -2.23. The lowest BCUT2D eigenvalue weighted by atomic mass is 10.2. The molecule has 0 fully saturated rings. The van der Waals surface area contributed by atoms with Gasteiger partial charge in [-0.15, -0.1) is 11.3 Å². The number of benzene rings is 2. The second-order valence-corrected chi connectivity index (χ2v) is 7.96. The molecule has 0 saturated carbocycles. The summed E-state index contributed by atoms with van der Waals surface area (Å²) in [6.45, 7) is 1.33. The van der Waals surface area contributed by atoms with Gasteiger partial charge >= 0.3 is 0 Å². The summed E-state index contributed by atoms with van der Waals surface area (Å²) in [4.78, 5) is 34.1. The highest BCUT2D eigenvalue weighted by Crippen LogP contribution is 2.31. The third-order valence-electron chi connectivity index (χ3n) is 4.40. The second-order valence-electron chi connectivity index (χ2n) is 6.68. The van der Waals surface area contributed by atoms with E-state index in [1.165, 1.54) is 53.4 Å². The normalized spacial score (nSPS) is 11.0. The Morgan fingerprint density at radius 3 is 2.79 bits per heavy atom. The average molecular weight is 483 g/mol. The summed E-state index contributed by atoms with van der Waals surface area (Å²) in [5, 5.41) is 9.22. The van der Waals surface area contributed by atoms with Crippen molar-refractivity contribution in [2.24, 2.45) is 0 Å². The molecule has 0 aliphatic rings. The van der Waals surface area contributed by atoms with Crippen LogP contribution in [0.25, 0.3) is 11.8 Å². The van der Waals surface area contributed by atoms with Crippen LogP contribution in [-0.2, 0) is 9.59 Å².